The Balaban J connectivity index is 2.43. The third-order valence-corrected chi connectivity index (χ3v) is 2.61. The molecule has 0 bridgehead atoms. The smallest absolute Gasteiger partial charge is 0.237 e. The zero-order valence-electron chi connectivity index (χ0n) is 10.9. The van der Waals surface area contributed by atoms with Gasteiger partial charge < -0.3 is 11.1 Å². The molecule has 94 valence electrons. The predicted octanol–water partition coefficient (Wildman–Crippen LogP) is 1.98. The van der Waals surface area contributed by atoms with Crippen LogP contribution in [0.2, 0.25) is 0 Å². The van der Waals surface area contributed by atoms with Crippen molar-refractivity contribution in [1.29, 1.82) is 0 Å². The first-order valence-corrected chi connectivity index (χ1v) is 6.08. The number of amides is 1. The van der Waals surface area contributed by atoms with Crippen LogP contribution < -0.4 is 11.1 Å². The minimum Gasteiger partial charge on any atom is -0.351 e. The Labute approximate surface area is 103 Å². The maximum absolute atomic E-state index is 11.7. The van der Waals surface area contributed by atoms with E-state index in [1.807, 2.05) is 25.1 Å². The monoisotopic (exact) mass is 234 g/mol. The minimum atomic E-state index is -0.403. The summed E-state index contributed by atoms with van der Waals surface area (Å²) in [4.78, 5) is 11.7. The number of hydrogen-bond acceptors (Lipinski definition) is 2. The Morgan fingerprint density at radius 2 is 2.12 bits per heavy atom. The van der Waals surface area contributed by atoms with Crippen LogP contribution in [0.1, 0.15) is 31.4 Å². The molecular weight excluding hydrogens is 212 g/mol. The number of nitrogens with one attached hydrogen (secondary N) is 1. The van der Waals surface area contributed by atoms with E-state index in [0.717, 1.165) is 12.0 Å². The van der Waals surface area contributed by atoms with E-state index in [4.69, 9.17) is 5.73 Å². The summed E-state index contributed by atoms with van der Waals surface area (Å²) in [5.74, 6) is 0.370. The summed E-state index contributed by atoms with van der Waals surface area (Å²) in [6.07, 6.45) is 0.722. The van der Waals surface area contributed by atoms with Crippen LogP contribution in [0.3, 0.4) is 0 Å². The van der Waals surface area contributed by atoms with E-state index in [9.17, 15) is 4.79 Å². The van der Waals surface area contributed by atoms with Crippen molar-refractivity contribution in [2.75, 3.05) is 0 Å². The van der Waals surface area contributed by atoms with Gasteiger partial charge in [-0.25, -0.2) is 0 Å². The fourth-order valence-electron chi connectivity index (χ4n) is 1.76. The average molecular weight is 234 g/mol. The van der Waals surface area contributed by atoms with Crippen molar-refractivity contribution < 1.29 is 4.79 Å². The minimum absolute atomic E-state index is 0.0693. The van der Waals surface area contributed by atoms with Crippen LogP contribution in [0, 0.1) is 12.8 Å². The quantitative estimate of drug-likeness (QED) is 0.818. The van der Waals surface area contributed by atoms with Gasteiger partial charge in [0.15, 0.2) is 0 Å². The highest BCUT2D eigenvalue weighted by Crippen LogP contribution is 2.05. The molecule has 0 heterocycles. The van der Waals surface area contributed by atoms with E-state index in [1.54, 1.807) is 0 Å². The molecule has 0 radical (unpaired) electrons. The lowest BCUT2D eigenvalue weighted by molar-refractivity contribution is -0.122. The van der Waals surface area contributed by atoms with E-state index < -0.39 is 6.04 Å². The van der Waals surface area contributed by atoms with Crippen molar-refractivity contribution in [3.05, 3.63) is 35.4 Å². The molecule has 0 saturated heterocycles. The molecule has 0 spiro atoms. The van der Waals surface area contributed by atoms with Crippen molar-refractivity contribution in [3.63, 3.8) is 0 Å². The zero-order chi connectivity index (χ0) is 12.8. The standard InChI is InChI=1S/C14H22N2O/c1-10(2)7-13(15)14(17)16-9-12-6-4-5-11(3)8-12/h4-6,8,10,13H,7,9,15H2,1-3H3,(H,16,17). The van der Waals surface area contributed by atoms with Gasteiger partial charge in [0, 0.05) is 6.54 Å². The first kappa shape index (κ1) is 13.7. The molecule has 0 aliphatic carbocycles. The molecule has 3 nitrogen and oxygen atoms in total. The third kappa shape index (κ3) is 5.00. The van der Waals surface area contributed by atoms with Crippen molar-refractivity contribution in [2.24, 2.45) is 11.7 Å². The van der Waals surface area contributed by atoms with Crippen molar-refractivity contribution >= 4 is 5.91 Å². The van der Waals surface area contributed by atoms with Crippen molar-refractivity contribution in [1.82, 2.24) is 5.32 Å². The van der Waals surface area contributed by atoms with Gasteiger partial charge >= 0.3 is 0 Å². The van der Waals surface area contributed by atoms with Gasteiger partial charge in [-0.1, -0.05) is 43.7 Å². The van der Waals surface area contributed by atoms with Gasteiger partial charge in [-0.15, -0.1) is 0 Å². The van der Waals surface area contributed by atoms with Crippen molar-refractivity contribution in [3.8, 4) is 0 Å². The lowest BCUT2D eigenvalue weighted by Crippen LogP contribution is -2.41. The van der Waals surface area contributed by atoms with E-state index >= 15 is 0 Å². The third-order valence-electron chi connectivity index (χ3n) is 2.61. The molecule has 1 unspecified atom stereocenters. The molecule has 17 heavy (non-hydrogen) atoms. The van der Waals surface area contributed by atoms with Crippen LogP contribution in [-0.2, 0) is 11.3 Å². The van der Waals surface area contributed by atoms with E-state index in [2.05, 4.69) is 25.2 Å². The molecule has 0 aliphatic rings. The van der Waals surface area contributed by atoms with Crippen LogP contribution in [0.15, 0.2) is 24.3 Å². The molecule has 0 saturated carbocycles. The van der Waals surface area contributed by atoms with Crippen LogP contribution in [0.25, 0.3) is 0 Å². The lowest BCUT2D eigenvalue weighted by Gasteiger charge is -2.14. The highest BCUT2D eigenvalue weighted by molar-refractivity contribution is 5.81. The second-order valence-electron chi connectivity index (χ2n) is 4.94. The maximum atomic E-state index is 11.7. The van der Waals surface area contributed by atoms with Gasteiger partial charge in [0.05, 0.1) is 6.04 Å². The van der Waals surface area contributed by atoms with Crippen LogP contribution >= 0.6 is 0 Å². The van der Waals surface area contributed by atoms with E-state index in [0.29, 0.717) is 12.5 Å². The Kier molecular flexibility index (Phi) is 5.16. The lowest BCUT2D eigenvalue weighted by atomic mass is 10.0. The summed E-state index contributed by atoms with van der Waals surface area (Å²) >= 11 is 0. The van der Waals surface area contributed by atoms with Crippen LogP contribution in [0.4, 0.5) is 0 Å². The Morgan fingerprint density at radius 1 is 1.41 bits per heavy atom. The molecule has 0 aliphatic heterocycles. The fourth-order valence-corrected chi connectivity index (χ4v) is 1.76. The Bertz CT molecular complexity index is 374. The molecule has 1 atom stereocenters. The number of carbonyl (C=O) groups excluding carboxylic acids is 1. The summed E-state index contributed by atoms with van der Waals surface area (Å²) in [5.41, 5.74) is 8.10. The van der Waals surface area contributed by atoms with Crippen molar-refractivity contribution in [2.45, 2.75) is 39.8 Å². The van der Waals surface area contributed by atoms with Gasteiger partial charge in [-0.3, -0.25) is 4.79 Å². The predicted molar refractivity (Wildman–Crippen MR) is 70.5 cm³/mol. The first-order valence-electron chi connectivity index (χ1n) is 6.08. The summed E-state index contributed by atoms with van der Waals surface area (Å²) in [6.45, 7) is 6.71. The number of aryl methyl sites for hydroxylation is 1. The maximum Gasteiger partial charge on any atom is 0.237 e. The molecule has 1 amide bonds. The molecule has 1 rings (SSSR count). The number of benzene rings is 1. The molecule has 1 aromatic rings. The van der Waals surface area contributed by atoms with Crippen LogP contribution in [0.5, 0.6) is 0 Å². The first-order chi connectivity index (χ1) is 7.99. The summed E-state index contributed by atoms with van der Waals surface area (Å²) in [7, 11) is 0. The number of rotatable bonds is 5. The van der Waals surface area contributed by atoms with E-state index in [1.165, 1.54) is 5.56 Å². The molecule has 3 heteroatoms. The number of nitrogens with two attached hydrogens (primary N) is 1. The van der Waals surface area contributed by atoms with Gasteiger partial charge in [0.2, 0.25) is 5.91 Å². The van der Waals surface area contributed by atoms with Gasteiger partial charge in [0.25, 0.3) is 0 Å². The molecule has 0 fully saturated rings. The Hall–Kier alpha value is -1.35. The molecule has 1 aromatic carbocycles. The topological polar surface area (TPSA) is 55.1 Å². The average Bonchev–Trinajstić information content (AvgIpc) is 2.25. The van der Waals surface area contributed by atoms with Gasteiger partial charge in [-0.2, -0.15) is 0 Å². The molecule has 3 N–H and O–H groups in total. The normalized spacial score (nSPS) is 12.5. The highest BCUT2D eigenvalue weighted by atomic mass is 16.2. The largest absolute Gasteiger partial charge is 0.351 e. The fraction of sp³-hybridized carbons (Fsp3) is 0.500. The number of carbonyl (C=O) groups is 1. The second-order valence-corrected chi connectivity index (χ2v) is 4.94. The summed E-state index contributed by atoms with van der Waals surface area (Å²) in [5, 5.41) is 2.87. The zero-order valence-corrected chi connectivity index (χ0v) is 10.9. The van der Waals surface area contributed by atoms with Gasteiger partial charge in [-0.05, 0) is 24.8 Å². The molecular formula is C14H22N2O. The highest BCUT2D eigenvalue weighted by Gasteiger charge is 2.14. The Morgan fingerprint density at radius 3 is 2.71 bits per heavy atom. The van der Waals surface area contributed by atoms with Crippen LogP contribution in [-0.4, -0.2) is 11.9 Å². The summed E-state index contributed by atoms with van der Waals surface area (Å²) in [6, 6.07) is 7.69. The summed E-state index contributed by atoms with van der Waals surface area (Å²) < 4.78 is 0. The SMILES string of the molecule is Cc1cccc(CNC(=O)C(N)CC(C)C)c1. The molecule has 0 aromatic heterocycles. The second kappa shape index (κ2) is 6.40. The number of hydrogen-bond donors (Lipinski definition) is 2. The van der Waals surface area contributed by atoms with E-state index in [-0.39, 0.29) is 5.91 Å². The van der Waals surface area contributed by atoms with Gasteiger partial charge in [0.1, 0.15) is 0 Å².